The predicted molar refractivity (Wildman–Crippen MR) is 59.7 cm³/mol. The summed E-state index contributed by atoms with van der Waals surface area (Å²) in [6.07, 6.45) is 0. The summed E-state index contributed by atoms with van der Waals surface area (Å²) in [4.78, 5) is 11.2. The molecule has 0 saturated heterocycles. The number of hydrogen-bond donors (Lipinski definition) is 3. The summed E-state index contributed by atoms with van der Waals surface area (Å²) in [5.74, 6) is -0.316. The highest BCUT2D eigenvalue weighted by atomic mass is 79.9. The maximum atomic E-state index is 11.2. The molecule has 0 aliphatic rings. The molecule has 0 amide bonds. The molecule has 4 N–H and O–H groups in total. The van der Waals surface area contributed by atoms with Gasteiger partial charge in [-0.15, -0.1) is 0 Å². The van der Waals surface area contributed by atoms with Gasteiger partial charge in [0.05, 0.1) is 0 Å². The smallest absolute Gasteiger partial charge is 0.330 e. The van der Waals surface area contributed by atoms with Crippen molar-refractivity contribution < 1.29 is 9.53 Å². The summed E-state index contributed by atoms with van der Waals surface area (Å²) in [6, 6.07) is 6.92. The minimum Gasteiger partial charge on any atom is -0.425 e. The Morgan fingerprint density at radius 1 is 1.60 bits per heavy atom. The van der Waals surface area contributed by atoms with Crippen LogP contribution < -0.4 is 15.8 Å². The molecule has 0 radical (unpaired) electrons. The molecule has 0 spiro atoms. The molecule has 0 saturated carbocycles. The molecule has 0 bridgehead atoms. The van der Waals surface area contributed by atoms with Gasteiger partial charge in [0.15, 0.2) is 5.96 Å². The van der Waals surface area contributed by atoms with Crippen LogP contribution >= 0.6 is 15.9 Å². The number of carbonyl (C=O) groups excluding carboxylic acids is 1. The SMILES string of the molecule is N=C(N)NCC(=O)Oc1cccc(Br)c1. The van der Waals surface area contributed by atoms with E-state index in [1.165, 1.54) is 0 Å². The van der Waals surface area contributed by atoms with Crippen molar-refractivity contribution in [3.8, 4) is 5.75 Å². The summed E-state index contributed by atoms with van der Waals surface area (Å²) in [6.45, 7) is -0.123. The zero-order valence-electron chi connectivity index (χ0n) is 7.79. The lowest BCUT2D eigenvalue weighted by Gasteiger charge is -2.05. The molecule has 0 aromatic heterocycles. The van der Waals surface area contributed by atoms with E-state index in [0.717, 1.165) is 4.47 Å². The zero-order chi connectivity index (χ0) is 11.3. The lowest BCUT2D eigenvalue weighted by Crippen LogP contribution is -2.36. The second-order valence-electron chi connectivity index (χ2n) is 2.70. The highest BCUT2D eigenvalue weighted by molar-refractivity contribution is 9.10. The van der Waals surface area contributed by atoms with E-state index in [2.05, 4.69) is 21.2 Å². The van der Waals surface area contributed by atoms with Crippen molar-refractivity contribution in [2.45, 2.75) is 0 Å². The zero-order valence-corrected chi connectivity index (χ0v) is 9.37. The van der Waals surface area contributed by atoms with E-state index < -0.39 is 5.97 Å². The van der Waals surface area contributed by atoms with Gasteiger partial charge in [-0.25, -0.2) is 4.79 Å². The fraction of sp³-hybridized carbons (Fsp3) is 0.111. The third kappa shape index (κ3) is 4.46. The van der Waals surface area contributed by atoms with E-state index >= 15 is 0 Å². The molecule has 1 aromatic carbocycles. The molecular weight excluding hydrogens is 262 g/mol. The van der Waals surface area contributed by atoms with E-state index in [1.54, 1.807) is 18.2 Å². The molecule has 0 unspecified atom stereocenters. The van der Waals surface area contributed by atoms with Gasteiger partial charge in [-0.3, -0.25) is 5.41 Å². The topological polar surface area (TPSA) is 88.2 Å². The van der Waals surface area contributed by atoms with E-state index in [-0.39, 0.29) is 12.5 Å². The van der Waals surface area contributed by atoms with Crippen LogP contribution in [-0.2, 0) is 4.79 Å². The number of halogens is 1. The second-order valence-corrected chi connectivity index (χ2v) is 3.61. The predicted octanol–water partition coefficient (Wildman–Crippen LogP) is 0.838. The summed E-state index contributed by atoms with van der Waals surface area (Å²) < 4.78 is 5.79. The Morgan fingerprint density at radius 2 is 2.33 bits per heavy atom. The quantitative estimate of drug-likeness (QED) is 0.329. The van der Waals surface area contributed by atoms with Crippen molar-refractivity contribution in [3.63, 3.8) is 0 Å². The van der Waals surface area contributed by atoms with E-state index in [9.17, 15) is 4.79 Å². The molecule has 1 rings (SSSR count). The Morgan fingerprint density at radius 3 is 2.93 bits per heavy atom. The van der Waals surface area contributed by atoms with Gasteiger partial charge in [-0.05, 0) is 18.2 Å². The minimum atomic E-state index is -0.497. The highest BCUT2D eigenvalue weighted by Gasteiger charge is 2.04. The van der Waals surface area contributed by atoms with Crippen molar-refractivity contribution in [1.29, 1.82) is 5.41 Å². The van der Waals surface area contributed by atoms with Crippen molar-refractivity contribution in [1.82, 2.24) is 5.32 Å². The molecular formula is C9H10BrN3O2. The van der Waals surface area contributed by atoms with Gasteiger partial charge in [0, 0.05) is 4.47 Å². The molecule has 0 heterocycles. The van der Waals surface area contributed by atoms with Gasteiger partial charge in [-0.2, -0.15) is 0 Å². The molecule has 5 nitrogen and oxygen atoms in total. The van der Waals surface area contributed by atoms with Crippen LogP contribution in [-0.4, -0.2) is 18.5 Å². The number of hydrogen-bond acceptors (Lipinski definition) is 3. The Kier molecular flexibility index (Phi) is 4.11. The van der Waals surface area contributed by atoms with Crippen LogP contribution in [0.1, 0.15) is 0 Å². The summed E-state index contributed by atoms with van der Waals surface area (Å²) in [7, 11) is 0. The van der Waals surface area contributed by atoms with Crippen molar-refractivity contribution in [2.75, 3.05) is 6.54 Å². The number of guanidine groups is 1. The van der Waals surface area contributed by atoms with Crippen molar-refractivity contribution in [2.24, 2.45) is 5.73 Å². The molecule has 15 heavy (non-hydrogen) atoms. The first-order valence-electron chi connectivity index (χ1n) is 4.12. The van der Waals surface area contributed by atoms with Gasteiger partial charge in [0.25, 0.3) is 0 Å². The number of ether oxygens (including phenoxy) is 1. The standard InChI is InChI=1S/C9H10BrN3O2/c10-6-2-1-3-7(4-6)15-8(14)5-13-9(11)12/h1-4H,5H2,(H4,11,12,13). The maximum absolute atomic E-state index is 11.2. The fourth-order valence-corrected chi connectivity index (χ4v) is 1.24. The van der Waals surface area contributed by atoms with Gasteiger partial charge in [0.2, 0.25) is 0 Å². The third-order valence-corrected chi connectivity index (χ3v) is 1.94. The highest BCUT2D eigenvalue weighted by Crippen LogP contribution is 2.17. The fourth-order valence-electron chi connectivity index (χ4n) is 0.865. The summed E-state index contributed by atoms with van der Waals surface area (Å²) in [5.41, 5.74) is 5.02. The lowest BCUT2D eigenvalue weighted by atomic mass is 10.3. The van der Waals surface area contributed by atoms with Crippen LogP contribution in [0.5, 0.6) is 5.75 Å². The normalized spacial score (nSPS) is 9.40. The van der Waals surface area contributed by atoms with Crippen molar-refractivity contribution >= 4 is 27.9 Å². The summed E-state index contributed by atoms with van der Waals surface area (Å²) >= 11 is 3.25. The molecule has 6 heteroatoms. The van der Waals surface area contributed by atoms with Crippen LogP contribution in [0.2, 0.25) is 0 Å². The molecule has 0 fully saturated rings. The van der Waals surface area contributed by atoms with Crippen LogP contribution in [0.15, 0.2) is 28.7 Å². The molecule has 80 valence electrons. The first kappa shape index (κ1) is 11.5. The van der Waals surface area contributed by atoms with E-state index in [0.29, 0.717) is 5.75 Å². The largest absolute Gasteiger partial charge is 0.425 e. The molecule has 1 aromatic rings. The minimum absolute atomic E-state index is 0.123. The van der Waals surface area contributed by atoms with E-state index in [1.807, 2.05) is 6.07 Å². The number of benzene rings is 1. The van der Waals surface area contributed by atoms with Crippen LogP contribution in [0, 0.1) is 5.41 Å². The van der Waals surface area contributed by atoms with Crippen LogP contribution in [0.25, 0.3) is 0 Å². The Balaban J connectivity index is 2.48. The number of carbonyl (C=O) groups is 1. The van der Waals surface area contributed by atoms with Crippen LogP contribution in [0.3, 0.4) is 0 Å². The molecule has 0 aliphatic carbocycles. The second kappa shape index (κ2) is 5.35. The van der Waals surface area contributed by atoms with Gasteiger partial charge < -0.3 is 15.8 Å². The number of nitrogens with two attached hydrogens (primary N) is 1. The average Bonchev–Trinajstić information content (AvgIpc) is 2.15. The monoisotopic (exact) mass is 271 g/mol. The Hall–Kier alpha value is -1.56. The lowest BCUT2D eigenvalue weighted by molar-refractivity contribution is -0.133. The number of rotatable bonds is 3. The van der Waals surface area contributed by atoms with Gasteiger partial charge >= 0.3 is 5.97 Å². The molecule has 0 atom stereocenters. The average molecular weight is 272 g/mol. The summed E-state index contributed by atoms with van der Waals surface area (Å²) in [5, 5.41) is 9.21. The maximum Gasteiger partial charge on any atom is 0.330 e. The third-order valence-electron chi connectivity index (χ3n) is 1.45. The molecule has 0 aliphatic heterocycles. The first-order valence-corrected chi connectivity index (χ1v) is 4.91. The van der Waals surface area contributed by atoms with Gasteiger partial charge in [-0.1, -0.05) is 22.0 Å². The Bertz CT molecular complexity index is 381. The van der Waals surface area contributed by atoms with Gasteiger partial charge in [0.1, 0.15) is 12.3 Å². The van der Waals surface area contributed by atoms with Crippen LogP contribution in [0.4, 0.5) is 0 Å². The van der Waals surface area contributed by atoms with Crippen molar-refractivity contribution in [3.05, 3.63) is 28.7 Å². The Labute approximate surface area is 95.2 Å². The van der Waals surface area contributed by atoms with E-state index in [4.69, 9.17) is 15.9 Å². The first-order chi connectivity index (χ1) is 7.08. The number of nitrogens with one attached hydrogen (secondary N) is 2. The number of esters is 1.